The van der Waals surface area contributed by atoms with Crippen LogP contribution in [-0.2, 0) is 0 Å². The van der Waals surface area contributed by atoms with Crippen molar-refractivity contribution in [3.05, 3.63) is 64.7 Å². The number of hydrogen-bond donors (Lipinski definition) is 1. The number of carboxylic acid groups (broad SMARTS) is 1. The molecule has 1 heterocycles. The van der Waals surface area contributed by atoms with Gasteiger partial charge in [0.25, 0.3) is 0 Å². The summed E-state index contributed by atoms with van der Waals surface area (Å²) in [6.07, 6.45) is 1.09. The normalized spacial score (nSPS) is 12.3. The second kappa shape index (κ2) is 6.67. The van der Waals surface area contributed by atoms with Crippen LogP contribution in [0.5, 0.6) is 0 Å². The van der Waals surface area contributed by atoms with Crippen LogP contribution in [0.4, 0.5) is 0 Å². The lowest BCUT2D eigenvalue weighted by atomic mass is 9.96. The number of rotatable bonds is 4. The van der Waals surface area contributed by atoms with Crippen LogP contribution in [0.25, 0.3) is 22.2 Å². The van der Waals surface area contributed by atoms with Crippen molar-refractivity contribution >= 4 is 16.9 Å². The summed E-state index contributed by atoms with van der Waals surface area (Å²) in [5, 5.41) is 10.4. The molecule has 25 heavy (non-hydrogen) atoms. The number of benzene rings is 2. The molecule has 0 saturated carbocycles. The second-order valence-electron chi connectivity index (χ2n) is 6.77. The van der Waals surface area contributed by atoms with Crippen LogP contribution in [0.1, 0.15) is 53.2 Å². The molecule has 128 valence electrons. The summed E-state index contributed by atoms with van der Waals surface area (Å²) in [4.78, 5) is 16.5. The van der Waals surface area contributed by atoms with Gasteiger partial charge in [0.2, 0.25) is 0 Å². The largest absolute Gasteiger partial charge is 0.478 e. The Kier molecular flexibility index (Phi) is 4.58. The van der Waals surface area contributed by atoms with E-state index in [9.17, 15) is 9.90 Å². The molecule has 0 amide bonds. The van der Waals surface area contributed by atoms with E-state index < -0.39 is 5.97 Å². The third kappa shape index (κ3) is 3.27. The molecule has 1 N–H and O–H groups in total. The lowest BCUT2D eigenvalue weighted by molar-refractivity contribution is 0.0699. The molecule has 0 aliphatic carbocycles. The van der Waals surface area contributed by atoms with Crippen LogP contribution in [0.2, 0.25) is 0 Å². The fourth-order valence-corrected chi connectivity index (χ4v) is 3.22. The molecule has 0 bridgehead atoms. The van der Waals surface area contributed by atoms with Gasteiger partial charge in [-0.05, 0) is 49.4 Å². The minimum atomic E-state index is -0.921. The summed E-state index contributed by atoms with van der Waals surface area (Å²) in [7, 11) is 0. The minimum absolute atomic E-state index is 0.304. The highest BCUT2D eigenvalue weighted by Gasteiger charge is 2.15. The van der Waals surface area contributed by atoms with Crippen molar-refractivity contribution in [2.24, 2.45) is 0 Å². The van der Waals surface area contributed by atoms with Crippen molar-refractivity contribution in [3.8, 4) is 11.3 Å². The van der Waals surface area contributed by atoms with Gasteiger partial charge in [-0.15, -0.1) is 0 Å². The van der Waals surface area contributed by atoms with Gasteiger partial charge in [-0.3, -0.25) is 0 Å². The quantitative estimate of drug-likeness (QED) is 0.663. The third-order valence-electron chi connectivity index (χ3n) is 4.87. The first-order valence-electron chi connectivity index (χ1n) is 8.66. The number of nitrogens with zero attached hydrogens (tertiary/aromatic N) is 1. The van der Waals surface area contributed by atoms with Gasteiger partial charge in [0.1, 0.15) is 0 Å². The van der Waals surface area contributed by atoms with Crippen LogP contribution in [0.15, 0.2) is 42.5 Å². The molecule has 0 radical (unpaired) electrons. The highest BCUT2D eigenvalue weighted by molar-refractivity contribution is 6.04. The Morgan fingerprint density at radius 2 is 1.80 bits per heavy atom. The Balaban J connectivity index is 2.18. The number of aromatic carboxylic acids is 1. The van der Waals surface area contributed by atoms with E-state index in [2.05, 4.69) is 26.0 Å². The van der Waals surface area contributed by atoms with Crippen molar-refractivity contribution in [1.29, 1.82) is 0 Å². The molecule has 0 spiro atoms. The van der Waals surface area contributed by atoms with Gasteiger partial charge in [0.05, 0.1) is 16.8 Å². The van der Waals surface area contributed by atoms with Crippen LogP contribution in [-0.4, -0.2) is 16.1 Å². The first-order chi connectivity index (χ1) is 11.9. The van der Waals surface area contributed by atoms with E-state index in [1.807, 2.05) is 38.1 Å². The molecular weight excluding hydrogens is 310 g/mol. The molecule has 0 aliphatic rings. The lowest BCUT2D eigenvalue weighted by Crippen LogP contribution is -2.02. The summed E-state index contributed by atoms with van der Waals surface area (Å²) >= 11 is 0. The monoisotopic (exact) mass is 333 g/mol. The summed E-state index contributed by atoms with van der Waals surface area (Å²) in [5.74, 6) is -0.409. The van der Waals surface area contributed by atoms with Gasteiger partial charge in [0, 0.05) is 10.9 Å². The molecule has 1 aromatic heterocycles. The first-order valence-corrected chi connectivity index (χ1v) is 8.66. The number of fused-ring (bicyclic) bond motifs is 1. The van der Waals surface area contributed by atoms with Crippen molar-refractivity contribution in [2.75, 3.05) is 0 Å². The number of carbonyl (C=O) groups is 1. The smallest absolute Gasteiger partial charge is 0.336 e. The maximum absolute atomic E-state index is 11.8. The summed E-state index contributed by atoms with van der Waals surface area (Å²) in [6.45, 7) is 8.33. The van der Waals surface area contributed by atoms with Gasteiger partial charge in [-0.25, -0.2) is 9.78 Å². The molecule has 0 saturated heterocycles. The topological polar surface area (TPSA) is 50.2 Å². The van der Waals surface area contributed by atoms with Crippen LogP contribution in [0, 0.1) is 13.8 Å². The van der Waals surface area contributed by atoms with E-state index in [0.29, 0.717) is 22.6 Å². The maximum atomic E-state index is 11.8. The number of pyridine rings is 1. The summed E-state index contributed by atoms with van der Waals surface area (Å²) < 4.78 is 0. The maximum Gasteiger partial charge on any atom is 0.336 e. The van der Waals surface area contributed by atoms with E-state index in [4.69, 9.17) is 4.98 Å². The Labute approximate surface area is 148 Å². The predicted octanol–water partition coefficient (Wildman–Crippen LogP) is 5.73. The zero-order chi connectivity index (χ0) is 18.1. The van der Waals surface area contributed by atoms with Crippen molar-refractivity contribution in [2.45, 2.75) is 40.0 Å². The summed E-state index contributed by atoms with van der Waals surface area (Å²) in [6, 6.07) is 13.9. The first kappa shape index (κ1) is 17.2. The van der Waals surface area contributed by atoms with Gasteiger partial charge in [-0.2, -0.15) is 0 Å². The minimum Gasteiger partial charge on any atom is -0.478 e. The van der Waals surface area contributed by atoms with Crippen LogP contribution >= 0.6 is 0 Å². The molecule has 3 nitrogen and oxygen atoms in total. The number of aromatic nitrogens is 1. The average Bonchev–Trinajstić information content (AvgIpc) is 2.60. The second-order valence-corrected chi connectivity index (χ2v) is 6.77. The van der Waals surface area contributed by atoms with E-state index >= 15 is 0 Å². The molecule has 0 aliphatic heterocycles. The Morgan fingerprint density at radius 1 is 1.12 bits per heavy atom. The van der Waals surface area contributed by atoms with Gasteiger partial charge >= 0.3 is 5.97 Å². The highest BCUT2D eigenvalue weighted by Crippen LogP contribution is 2.29. The third-order valence-corrected chi connectivity index (χ3v) is 4.87. The van der Waals surface area contributed by atoms with E-state index in [1.165, 1.54) is 5.56 Å². The molecule has 0 unspecified atom stereocenters. The molecular formula is C22H23NO2. The molecule has 3 aromatic rings. The Hall–Kier alpha value is -2.68. The van der Waals surface area contributed by atoms with Gasteiger partial charge < -0.3 is 5.11 Å². The average molecular weight is 333 g/mol. The molecule has 3 heteroatoms. The SMILES string of the molecule is CC[C@H](C)c1ccc(-c2cc(C(=O)O)c3cc(C)cc(C)c3n2)cc1. The van der Waals surface area contributed by atoms with E-state index in [-0.39, 0.29) is 0 Å². The van der Waals surface area contributed by atoms with Gasteiger partial charge in [-0.1, -0.05) is 49.7 Å². The Bertz CT molecular complexity index is 942. The van der Waals surface area contributed by atoms with E-state index in [0.717, 1.165) is 28.6 Å². The van der Waals surface area contributed by atoms with E-state index in [1.54, 1.807) is 6.07 Å². The predicted molar refractivity (Wildman–Crippen MR) is 102 cm³/mol. The zero-order valence-corrected chi connectivity index (χ0v) is 15.1. The molecule has 3 rings (SSSR count). The molecule has 2 aromatic carbocycles. The number of aryl methyl sites for hydroxylation is 2. The molecule has 0 fully saturated rings. The zero-order valence-electron chi connectivity index (χ0n) is 15.1. The van der Waals surface area contributed by atoms with Gasteiger partial charge in [0.15, 0.2) is 0 Å². The fraction of sp³-hybridized carbons (Fsp3) is 0.273. The molecule has 1 atom stereocenters. The van der Waals surface area contributed by atoms with Crippen LogP contribution < -0.4 is 0 Å². The van der Waals surface area contributed by atoms with Crippen molar-refractivity contribution in [3.63, 3.8) is 0 Å². The van der Waals surface area contributed by atoms with Crippen molar-refractivity contribution < 1.29 is 9.90 Å². The van der Waals surface area contributed by atoms with Crippen LogP contribution in [0.3, 0.4) is 0 Å². The van der Waals surface area contributed by atoms with Crippen molar-refractivity contribution in [1.82, 2.24) is 4.98 Å². The Morgan fingerprint density at radius 3 is 2.40 bits per heavy atom. The number of carboxylic acids is 1. The lowest BCUT2D eigenvalue weighted by Gasteiger charge is -2.12. The number of hydrogen-bond acceptors (Lipinski definition) is 2. The standard InChI is InChI=1S/C22H23NO2/c1-5-14(3)16-6-8-17(9-7-16)20-12-19(22(24)25)18-11-13(2)10-15(4)21(18)23-20/h6-12,14H,5H2,1-4H3,(H,24,25)/t14-/m0/s1. The summed E-state index contributed by atoms with van der Waals surface area (Å²) in [5.41, 5.74) is 6.03. The highest BCUT2D eigenvalue weighted by atomic mass is 16.4. The fourth-order valence-electron chi connectivity index (χ4n) is 3.22.